The first kappa shape index (κ1) is 63.7. The van der Waals surface area contributed by atoms with E-state index in [-0.39, 0.29) is 83.7 Å². The minimum atomic E-state index is -5.00. The predicted octanol–water partition coefficient (Wildman–Crippen LogP) is 11.7. The van der Waals surface area contributed by atoms with Crippen molar-refractivity contribution in [1.29, 1.82) is 0 Å². The highest BCUT2D eigenvalue weighted by Gasteiger charge is 2.44. The number of aromatic amines is 1. The van der Waals surface area contributed by atoms with Crippen molar-refractivity contribution in [3.63, 3.8) is 0 Å². The highest BCUT2D eigenvalue weighted by molar-refractivity contribution is 7.13. The summed E-state index contributed by atoms with van der Waals surface area (Å²) in [4.78, 5) is 94.4. The fourth-order valence-corrected chi connectivity index (χ4v) is 12.5. The molecular formula is C64H76F4N8O8S. The number of ketones is 2. The van der Waals surface area contributed by atoms with Gasteiger partial charge < -0.3 is 35.0 Å². The zero-order valence-electron chi connectivity index (χ0n) is 49.2. The van der Waals surface area contributed by atoms with Crippen LogP contribution in [0.5, 0.6) is 0 Å². The number of hydrogen-bond acceptors (Lipinski definition) is 13. The lowest BCUT2D eigenvalue weighted by Gasteiger charge is -2.44. The van der Waals surface area contributed by atoms with Crippen LogP contribution in [0.3, 0.4) is 0 Å². The van der Waals surface area contributed by atoms with Crippen LogP contribution in [0.25, 0.3) is 21.6 Å². The van der Waals surface area contributed by atoms with Crippen molar-refractivity contribution in [3.8, 4) is 21.6 Å². The first-order valence-corrected chi connectivity index (χ1v) is 30.1. The molecule has 2 aliphatic rings. The van der Waals surface area contributed by atoms with Crippen molar-refractivity contribution in [3.05, 3.63) is 140 Å². The highest BCUT2D eigenvalue weighted by Crippen LogP contribution is 2.39. The second-order valence-corrected chi connectivity index (χ2v) is 24.1. The number of alkyl halides is 3. The van der Waals surface area contributed by atoms with Gasteiger partial charge in [0.2, 0.25) is 11.5 Å². The van der Waals surface area contributed by atoms with Crippen LogP contribution in [-0.2, 0) is 20.6 Å². The number of likely N-dealkylation sites (tertiary alicyclic amines) is 1. The molecule has 3 aromatic heterocycles. The van der Waals surface area contributed by atoms with Crippen molar-refractivity contribution < 1.29 is 51.2 Å². The molecule has 0 spiro atoms. The Morgan fingerprint density at radius 3 is 2.18 bits per heavy atom. The van der Waals surface area contributed by atoms with Crippen LogP contribution in [0.1, 0.15) is 159 Å². The normalized spacial score (nSPS) is 18.2. The number of halogens is 4. The van der Waals surface area contributed by atoms with Crippen LogP contribution in [0.2, 0.25) is 0 Å². The summed E-state index contributed by atoms with van der Waals surface area (Å²) < 4.78 is 63.3. The number of H-pyrrole nitrogens is 1. The van der Waals surface area contributed by atoms with Crippen molar-refractivity contribution in [2.24, 2.45) is 5.92 Å². The molecule has 0 saturated carbocycles. The number of amides is 3. The number of benzene rings is 3. The molecule has 2 fully saturated rings. The molecule has 0 unspecified atom stereocenters. The highest BCUT2D eigenvalue weighted by atomic mass is 32.1. The summed E-state index contributed by atoms with van der Waals surface area (Å²) in [7, 11) is 1.99. The number of likely N-dealkylation sites (N-methyl/N-ethyl adjacent to an activating group) is 1. The van der Waals surface area contributed by atoms with E-state index in [4.69, 9.17) is 4.52 Å². The van der Waals surface area contributed by atoms with Gasteiger partial charge in [0.15, 0.2) is 5.78 Å². The fraction of sp³-hybridized carbons (Fsp3) is 0.469. The summed E-state index contributed by atoms with van der Waals surface area (Å²) in [5.41, 5.74) is 3.05. The van der Waals surface area contributed by atoms with E-state index in [1.54, 1.807) is 30.6 Å². The minimum absolute atomic E-state index is 0.0171. The number of aromatic nitrogens is 3. The molecule has 454 valence electrons. The Balaban J connectivity index is 0.825. The molecular weight excluding hydrogens is 1120 g/mol. The standard InChI is InChI=1S/C64H76F4N8O8S/c1-37(2)59(57-25-38(3)73-84-57)63(83)76-35-48(78)30-55(76)56(79)29-46(42-16-18-43(19-17-42)60-41(6)71-36-85-60)26-47(77)15-13-11-9-8-10-12-14-24-69-61(81)45-20-22-52(65)49(27-45)44-21-23-54(75-33-39(4)74(7)40(5)34-75)53(28-44)72-62(82)50-32-70-58(80)31-51(50)64(66,67)68/h16-23,25,27-28,31-32,36-37,39-40,46,48,55,59,78H,8-15,24,26,29-30,33-35H2,1-7H3,(H,69,81)(H,70,80)(H,72,82)/t39-,40+,46-,48-,55+,59-/m1/s1. The number of β-amino-alcohol motifs (C(OH)–C–C–N with tert-alkyl or cyclic N) is 1. The topological polar surface area (TPSA) is 211 Å². The molecule has 21 heteroatoms. The third-order valence-electron chi connectivity index (χ3n) is 16.5. The molecule has 0 bridgehead atoms. The second-order valence-electron chi connectivity index (χ2n) is 23.2. The third-order valence-corrected chi connectivity index (χ3v) is 17.5. The van der Waals surface area contributed by atoms with Crippen LogP contribution in [0.15, 0.2) is 93.8 Å². The molecule has 6 atom stereocenters. The molecule has 2 aliphatic heterocycles. The molecule has 4 N–H and O–H groups in total. The van der Waals surface area contributed by atoms with E-state index < -0.39 is 64.5 Å². The Hall–Kier alpha value is -7.36. The van der Waals surface area contributed by atoms with Crippen LogP contribution in [0.4, 0.5) is 28.9 Å². The van der Waals surface area contributed by atoms with Gasteiger partial charge in [0.25, 0.3) is 11.8 Å². The molecule has 16 nitrogen and oxygen atoms in total. The van der Waals surface area contributed by atoms with Crippen molar-refractivity contribution >= 4 is 52.0 Å². The number of hydrogen-bond donors (Lipinski definition) is 4. The molecule has 0 radical (unpaired) electrons. The smallest absolute Gasteiger partial charge is 0.391 e. The quantitative estimate of drug-likeness (QED) is 0.0312. The lowest BCUT2D eigenvalue weighted by atomic mass is 9.85. The molecule has 3 amide bonds. The second kappa shape index (κ2) is 28.2. The summed E-state index contributed by atoms with van der Waals surface area (Å²) in [6, 6.07) is 18.0. The van der Waals surface area contributed by atoms with E-state index in [9.17, 15) is 47.0 Å². The lowest BCUT2D eigenvalue weighted by molar-refractivity contribution is -0.140. The average molecular weight is 1190 g/mol. The zero-order chi connectivity index (χ0) is 61.3. The number of carbonyl (C=O) groups excluding carboxylic acids is 5. The third kappa shape index (κ3) is 15.9. The molecule has 85 heavy (non-hydrogen) atoms. The number of unbranched alkanes of at least 4 members (excludes halogenated alkanes) is 6. The number of anilines is 2. The van der Waals surface area contributed by atoms with Crippen LogP contribution >= 0.6 is 11.3 Å². The number of nitrogens with one attached hydrogen (secondary N) is 3. The number of aliphatic hydroxyl groups excluding tert-OH is 1. The van der Waals surface area contributed by atoms with Gasteiger partial charge in [-0.3, -0.25) is 33.7 Å². The van der Waals surface area contributed by atoms with E-state index in [0.29, 0.717) is 62.1 Å². The van der Waals surface area contributed by atoms with Gasteiger partial charge in [-0.15, -0.1) is 11.3 Å². The monoisotopic (exact) mass is 1190 g/mol. The van der Waals surface area contributed by atoms with Crippen molar-refractivity contribution in [2.45, 2.75) is 154 Å². The predicted molar refractivity (Wildman–Crippen MR) is 319 cm³/mol. The largest absolute Gasteiger partial charge is 0.417 e. The van der Waals surface area contributed by atoms with E-state index in [2.05, 4.69) is 30.7 Å². The molecule has 8 rings (SSSR count). The van der Waals surface area contributed by atoms with Gasteiger partial charge in [-0.05, 0) is 106 Å². The van der Waals surface area contributed by atoms with Crippen LogP contribution < -0.4 is 21.1 Å². The van der Waals surface area contributed by atoms with Crippen molar-refractivity contribution in [1.82, 2.24) is 30.2 Å². The Labute approximate surface area is 496 Å². The Morgan fingerprint density at radius 2 is 1.53 bits per heavy atom. The van der Waals surface area contributed by atoms with Gasteiger partial charge in [-0.2, -0.15) is 13.2 Å². The maximum atomic E-state index is 15.7. The van der Waals surface area contributed by atoms with Gasteiger partial charge in [0.05, 0.1) is 56.4 Å². The van der Waals surface area contributed by atoms with E-state index >= 15 is 4.39 Å². The maximum absolute atomic E-state index is 15.7. The lowest BCUT2D eigenvalue weighted by Crippen LogP contribution is -2.55. The van der Waals surface area contributed by atoms with Gasteiger partial charge >= 0.3 is 6.18 Å². The number of rotatable bonds is 25. The molecule has 0 aliphatic carbocycles. The number of carbonyl (C=O) groups is 5. The van der Waals surface area contributed by atoms with E-state index in [1.807, 2.05) is 70.8 Å². The van der Waals surface area contributed by atoms with Crippen LogP contribution in [0, 0.1) is 25.6 Å². The Bertz CT molecular complexity index is 3390. The number of thiazole rings is 1. The summed E-state index contributed by atoms with van der Waals surface area (Å²) in [5.74, 6) is -3.57. The van der Waals surface area contributed by atoms with E-state index in [1.165, 1.54) is 40.5 Å². The molecule has 2 saturated heterocycles. The number of nitrogens with zero attached hydrogens (tertiary/aromatic N) is 5. The van der Waals surface area contributed by atoms with Crippen LogP contribution in [-0.4, -0.2) is 117 Å². The summed E-state index contributed by atoms with van der Waals surface area (Å²) in [5, 5.41) is 20.3. The SMILES string of the molecule is Cc1cc([C@H](C(=O)N2C[C@H](O)C[C@H]2C(=O)C[C@@H](CC(=O)CCCCCCCCCNC(=O)c2ccc(F)c(-c3ccc(N4C[C@@H](C)N(C)[C@@H](C)C4)c(NC(=O)c4c[nH]c(=O)cc4C(F)(F)F)c3)c2)c2ccc(-c3scnc3C)cc2)C(C)C)on1. The van der Waals surface area contributed by atoms with Gasteiger partial charge in [-0.25, -0.2) is 9.37 Å². The molecule has 6 aromatic rings. The average Bonchev–Trinajstić information content (AvgIpc) is 4.17. The summed E-state index contributed by atoms with van der Waals surface area (Å²) in [6.07, 6.45) is 1.22. The first-order valence-electron chi connectivity index (χ1n) is 29.2. The maximum Gasteiger partial charge on any atom is 0.417 e. The van der Waals surface area contributed by atoms with Gasteiger partial charge in [-0.1, -0.05) is 81.4 Å². The summed E-state index contributed by atoms with van der Waals surface area (Å²) >= 11 is 1.54. The van der Waals surface area contributed by atoms with Gasteiger partial charge in [0, 0.05) is 93.4 Å². The number of Topliss-reactive ketones (excluding diaryl/α,β-unsaturated/α-hetero) is 2. The number of aliphatic hydroxyl groups is 1. The minimum Gasteiger partial charge on any atom is -0.391 e. The first-order chi connectivity index (χ1) is 40.5. The Morgan fingerprint density at radius 1 is 0.847 bits per heavy atom. The summed E-state index contributed by atoms with van der Waals surface area (Å²) in [6.45, 7) is 13.0. The van der Waals surface area contributed by atoms with Crippen molar-refractivity contribution in [2.75, 3.05) is 43.4 Å². The van der Waals surface area contributed by atoms with E-state index in [0.717, 1.165) is 60.0 Å². The number of pyridine rings is 1. The number of aryl methyl sites for hydroxylation is 2. The fourth-order valence-electron chi connectivity index (χ4n) is 11.6. The number of piperazine rings is 1. The Kier molecular flexibility index (Phi) is 21.1. The zero-order valence-corrected chi connectivity index (χ0v) is 50.0. The van der Waals surface area contributed by atoms with Gasteiger partial charge in [0.1, 0.15) is 23.3 Å². The molecule has 3 aromatic carbocycles. The molecule has 5 heterocycles.